The molecule has 11 heteroatoms. The number of aryl methyl sites for hydroxylation is 1. The molecule has 3 heterocycles. The number of fused-ring (bicyclic) bond motifs is 1. The molecule has 1 fully saturated rings. The van der Waals surface area contributed by atoms with Crippen LogP contribution in [0.5, 0.6) is 11.5 Å². The molecule has 1 saturated heterocycles. The SMILES string of the molecule is COc1ccc([C@@H](CCCNC(=O)c2cncn2C)N2C(=O)c3cccc(N4CCN(C(C)c5ccccc5)CC4)c3C2=O)cc1OC. The summed E-state index contributed by atoms with van der Waals surface area (Å²) in [6.45, 7) is 5.74. The van der Waals surface area contributed by atoms with Crippen LogP contribution in [0.2, 0.25) is 0 Å². The number of nitrogens with one attached hydrogen (secondary N) is 1. The van der Waals surface area contributed by atoms with E-state index in [2.05, 4.69) is 51.3 Å². The third-order valence-corrected chi connectivity index (χ3v) is 9.50. The minimum absolute atomic E-state index is 0.235. The van der Waals surface area contributed by atoms with Crippen LogP contribution in [0, 0.1) is 0 Å². The number of ether oxygens (including phenoxy) is 2. The Morgan fingerprint density at radius 2 is 1.65 bits per heavy atom. The predicted molar refractivity (Wildman–Crippen MR) is 183 cm³/mol. The van der Waals surface area contributed by atoms with Gasteiger partial charge < -0.3 is 24.3 Å². The highest BCUT2D eigenvalue weighted by Gasteiger charge is 2.43. The van der Waals surface area contributed by atoms with E-state index < -0.39 is 6.04 Å². The van der Waals surface area contributed by atoms with Gasteiger partial charge in [0.1, 0.15) is 5.69 Å². The van der Waals surface area contributed by atoms with Crippen molar-refractivity contribution in [3.63, 3.8) is 0 Å². The van der Waals surface area contributed by atoms with Gasteiger partial charge in [-0.3, -0.25) is 24.2 Å². The second-order valence-corrected chi connectivity index (χ2v) is 12.2. The van der Waals surface area contributed by atoms with Crippen molar-refractivity contribution < 1.29 is 23.9 Å². The molecule has 2 aliphatic rings. The first-order valence-electron chi connectivity index (χ1n) is 16.3. The summed E-state index contributed by atoms with van der Waals surface area (Å²) in [5.74, 6) is 0.177. The van der Waals surface area contributed by atoms with Crippen LogP contribution in [0.3, 0.4) is 0 Å². The highest BCUT2D eigenvalue weighted by Crippen LogP contribution is 2.40. The van der Waals surface area contributed by atoms with Crippen molar-refractivity contribution in [3.05, 3.63) is 107 Å². The van der Waals surface area contributed by atoms with Crippen LogP contribution < -0.4 is 19.7 Å². The van der Waals surface area contributed by atoms with Crippen molar-refractivity contribution in [3.8, 4) is 11.5 Å². The van der Waals surface area contributed by atoms with Crippen LogP contribution in [0.25, 0.3) is 0 Å². The van der Waals surface area contributed by atoms with Crippen molar-refractivity contribution in [1.29, 1.82) is 0 Å². The zero-order valence-corrected chi connectivity index (χ0v) is 27.9. The summed E-state index contributed by atoms with van der Waals surface area (Å²) in [6, 6.07) is 21.2. The maximum absolute atomic E-state index is 14.4. The number of imidazole rings is 1. The number of benzene rings is 3. The van der Waals surface area contributed by atoms with Gasteiger partial charge >= 0.3 is 0 Å². The normalized spacial score (nSPS) is 16.1. The van der Waals surface area contributed by atoms with E-state index in [1.165, 1.54) is 16.7 Å². The van der Waals surface area contributed by atoms with Crippen molar-refractivity contribution in [2.24, 2.45) is 7.05 Å². The fourth-order valence-electron chi connectivity index (χ4n) is 6.79. The fraction of sp³-hybridized carbons (Fsp3) is 0.351. The van der Waals surface area contributed by atoms with Crippen molar-refractivity contribution in [2.45, 2.75) is 31.8 Å². The highest BCUT2D eigenvalue weighted by molar-refractivity contribution is 6.24. The lowest BCUT2D eigenvalue weighted by atomic mass is 9.99. The van der Waals surface area contributed by atoms with Crippen molar-refractivity contribution >= 4 is 23.4 Å². The summed E-state index contributed by atoms with van der Waals surface area (Å²) in [5.41, 5.74) is 4.12. The Kier molecular flexibility index (Phi) is 9.77. The number of methoxy groups -OCH3 is 2. The van der Waals surface area contributed by atoms with E-state index in [4.69, 9.17) is 9.47 Å². The number of carbonyl (C=O) groups is 3. The second kappa shape index (κ2) is 14.3. The Morgan fingerprint density at radius 3 is 2.33 bits per heavy atom. The molecule has 0 aliphatic carbocycles. The number of imide groups is 1. The predicted octanol–water partition coefficient (Wildman–Crippen LogP) is 4.87. The van der Waals surface area contributed by atoms with E-state index in [1.54, 1.807) is 44.3 Å². The van der Waals surface area contributed by atoms with E-state index in [0.29, 0.717) is 47.7 Å². The summed E-state index contributed by atoms with van der Waals surface area (Å²) in [5, 5.41) is 2.93. The number of piperazine rings is 1. The molecule has 11 nitrogen and oxygen atoms in total. The lowest BCUT2D eigenvalue weighted by Crippen LogP contribution is -2.47. The molecule has 0 bridgehead atoms. The standard InChI is InChI=1S/C37H42N6O5/c1-25(26-10-6-5-7-11-26)41-18-20-42(21-19-41)30-13-8-12-28-34(30)37(46)43(36(28)45)29(27-15-16-32(47-3)33(22-27)48-4)14-9-17-39-35(44)31-23-38-24-40(31)2/h5-8,10-13,15-16,22-25,29H,9,14,17-21H2,1-4H3,(H,39,44)/t25?,29-/m1/s1. The van der Waals surface area contributed by atoms with Gasteiger partial charge in [-0.1, -0.05) is 42.5 Å². The number of aromatic nitrogens is 2. The lowest BCUT2D eigenvalue weighted by Gasteiger charge is -2.39. The van der Waals surface area contributed by atoms with Gasteiger partial charge in [-0.2, -0.15) is 0 Å². The summed E-state index contributed by atoms with van der Waals surface area (Å²) in [7, 11) is 4.88. The Bertz CT molecular complexity index is 1780. The summed E-state index contributed by atoms with van der Waals surface area (Å²) >= 11 is 0. The smallest absolute Gasteiger partial charge is 0.269 e. The quantitative estimate of drug-likeness (QED) is 0.171. The maximum atomic E-state index is 14.4. The molecule has 0 saturated carbocycles. The van der Waals surface area contributed by atoms with Crippen molar-refractivity contribution in [1.82, 2.24) is 24.7 Å². The summed E-state index contributed by atoms with van der Waals surface area (Å²) < 4.78 is 12.7. The monoisotopic (exact) mass is 650 g/mol. The van der Waals surface area contributed by atoms with Crippen molar-refractivity contribution in [2.75, 3.05) is 51.8 Å². The molecule has 3 amide bonds. The molecule has 2 aliphatic heterocycles. The van der Waals surface area contributed by atoms with Gasteiger partial charge in [0.2, 0.25) is 0 Å². The Balaban J connectivity index is 1.23. The molecule has 1 unspecified atom stereocenters. The topological polar surface area (TPSA) is 109 Å². The van der Waals surface area contributed by atoms with Crippen LogP contribution in [-0.2, 0) is 7.05 Å². The van der Waals surface area contributed by atoms with E-state index in [9.17, 15) is 14.4 Å². The number of carbonyl (C=O) groups excluding carboxylic acids is 3. The van der Waals surface area contributed by atoms with Crippen LogP contribution in [0.1, 0.15) is 74.2 Å². The maximum Gasteiger partial charge on any atom is 0.269 e. The van der Waals surface area contributed by atoms with Gasteiger partial charge in [-0.05, 0) is 55.2 Å². The van der Waals surface area contributed by atoms with Crippen LogP contribution >= 0.6 is 0 Å². The van der Waals surface area contributed by atoms with Crippen LogP contribution in [-0.4, -0.2) is 84.0 Å². The first-order valence-corrected chi connectivity index (χ1v) is 16.3. The first-order chi connectivity index (χ1) is 23.3. The molecule has 4 aromatic rings. The first kappa shape index (κ1) is 32.8. The molecular formula is C37H42N6O5. The molecule has 3 aromatic carbocycles. The van der Waals surface area contributed by atoms with Gasteiger partial charge in [0, 0.05) is 45.8 Å². The van der Waals surface area contributed by atoms with Gasteiger partial charge in [0.05, 0.1) is 49.6 Å². The Morgan fingerprint density at radius 1 is 0.896 bits per heavy atom. The van der Waals surface area contributed by atoms with Gasteiger partial charge in [-0.25, -0.2) is 4.98 Å². The molecule has 2 atom stereocenters. The van der Waals surface area contributed by atoms with Gasteiger partial charge in [-0.15, -0.1) is 0 Å². The molecule has 0 radical (unpaired) electrons. The minimum Gasteiger partial charge on any atom is -0.493 e. The second-order valence-electron chi connectivity index (χ2n) is 12.2. The van der Waals surface area contributed by atoms with Gasteiger partial charge in [0.15, 0.2) is 11.5 Å². The van der Waals surface area contributed by atoms with E-state index in [1.807, 2.05) is 30.3 Å². The molecule has 6 rings (SSSR count). The Hall–Kier alpha value is -5.16. The molecule has 1 aromatic heterocycles. The molecule has 250 valence electrons. The largest absolute Gasteiger partial charge is 0.493 e. The Labute approximate surface area is 281 Å². The average molecular weight is 651 g/mol. The van der Waals surface area contributed by atoms with E-state index >= 15 is 0 Å². The zero-order chi connectivity index (χ0) is 33.8. The van der Waals surface area contributed by atoms with E-state index in [-0.39, 0.29) is 23.8 Å². The number of hydrogen-bond acceptors (Lipinski definition) is 8. The molecule has 48 heavy (non-hydrogen) atoms. The zero-order valence-electron chi connectivity index (χ0n) is 27.9. The third kappa shape index (κ3) is 6.37. The number of amides is 3. The molecule has 0 spiro atoms. The molecule has 1 N–H and O–H groups in total. The summed E-state index contributed by atoms with van der Waals surface area (Å²) in [6.07, 6.45) is 4.04. The molecular weight excluding hydrogens is 608 g/mol. The lowest BCUT2D eigenvalue weighted by molar-refractivity contribution is 0.0570. The van der Waals surface area contributed by atoms with Crippen LogP contribution in [0.4, 0.5) is 5.69 Å². The number of nitrogens with zero attached hydrogens (tertiary/aromatic N) is 5. The fourth-order valence-corrected chi connectivity index (χ4v) is 6.79. The van der Waals surface area contributed by atoms with Gasteiger partial charge in [0.25, 0.3) is 17.7 Å². The van der Waals surface area contributed by atoms with Crippen LogP contribution in [0.15, 0.2) is 79.3 Å². The average Bonchev–Trinajstić information content (AvgIpc) is 3.67. The third-order valence-electron chi connectivity index (χ3n) is 9.50. The summed E-state index contributed by atoms with van der Waals surface area (Å²) in [4.78, 5) is 51.3. The highest BCUT2D eigenvalue weighted by atomic mass is 16.5. The number of hydrogen-bond donors (Lipinski definition) is 1. The minimum atomic E-state index is -0.595. The number of rotatable bonds is 12. The van der Waals surface area contributed by atoms with E-state index in [0.717, 1.165) is 37.4 Å². The number of anilines is 1.